The lowest BCUT2D eigenvalue weighted by atomic mass is 10.2. The van der Waals surface area contributed by atoms with Crippen molar-refractivity contribution < 1.29 is 28.0 Å². The van der Waals surface area contributed by atoms with Gasteiger partial charge < -0.3 is 14.1 Å². The Morgan fingerprint density at radius 3 is 2.43 bits per heavy atom. The summed E-state index contributed by atoms with van der Waals surface area (Å²) in [7, 11) is -0.143. The van der Waals surface area contributed by atoms with Crippen LogP contribution in [0.15, 0.2) is 46.9 Å². The number of hydrogen-bond donors (Lipinski definition) is 2. The fourth-order valence-corrected chi connectivity index (χ4v) is 5.99. The highest BCUT2D eigenvalue weighted by molar-refractivity contribution is 9.09. The third-order valence-electron chi connectivity index (χ3n) is 5.06. The average Bonchev–Trinajstić information content (AvgIpc) is 3.28. The molecule has 1 atom stereocenters. The van der Waals surface area contributed by atoms with E-state index in [-0.39, 0.29) is 28.7 Å². The second-order valence-corrected chi connectivity index (χ2v) is 11.6. The highest BCUT2D eigenvalue weighted by Crippen LogP contribution is 2.44. The molecule has 1 unspecified atom stereocenters. The van der Waals surface area contributed by atoms with Crippen LogP contribution in [0.3, 0.4) is 0 Å². The molecule has 0 saturated carbocycles. The van der Waals surface area contributed by atoms with Gasteiger partial charge in [0.2, 0.25) is 5.75 Å². The van der Waals surface area contributed by atoms with Crippen LogP contribution in [0.4, 0.5) is 5.69 Å². The number of carbonyl (C=O) groups excluding carboxylic acids is 1. The predicted molar refractivity (Wildman–Crippen MR) is 148 cm³/mol. The number of rotatable bonds is 13. The number of halogens is 2. The number of alkyl halides is 2. The first kappa shape index (κ1) is 29.3. The number of hydrogen-bond acceptors (Lipinski definition) is 7. The van der Waals surface area contributed by atoms with Gasteiger partial charge in [-0.1, -0.05) is 37.9 Å². The molecule has 2 aromatic carbocycles. The van der Waals surface area contributed by atoms with Gasteiger partial charge in [0.1, 0.15) is 23.2 Å². The lowest BCUT2D eigenvalue weighted by molar-refractivity contribution is -0.385. The minimum Gasteiger partial charge on any atom is -0.458 e. The molecule has 1 amide bonds. The Hall–Kier alpha value is -2.28. The summed E-state index contributed by atoms with van der Waals surface area (Å²) in [4.78, 5) is 24.9. The largest absolute Gasteiger partial charge is 0.458 e. The van der Waals surface area contributed by atoms with E-state index in [1.807, 2.05) is 0 Å². The van der Waals surface area contributed by atoms with E-state index in [2.05, 4.69) is 42.0 Å². The maximum atomic E-state index is 13.2. The Balaban J connectivity index is 1.91. The number of fused-ring (bicyclic) bond motifs is 1. The summed E-state index contributed by atoms with van der Waals surface area (Å²) in [5.41, 5.74) is 0.321. The highest BCUT2D eigenvalue weighted by Gasteiger charge is 2.28. The quantitative estimate of drug-likeness (QED) is 0.0980. The number of nitro benzene ring substituents is 1. The zero-order valence-corrected chi connectivity index (χ0v) is 24.5. The number of carbonyl (C=O) groups is 1. The number of furan rings is 1. The van der Waals surface area contributed by atoms with Crippen molar-refractivity contribution in [3.8, 4) is 11.5 Å². The first-order chi connectivity index (χ1) is 17.6. The van der Waals surface area contributed by atoms with E-state index in [9.17, 15) is 19.5 Å². The summed E-state index contributed by atoms with van der Waals surface area (Å²) in [6, 6.07) is 10.8. The number of nitrogens with zero attached hydrogens (tertiary/aromatic N) is 2. The fraction of sp³-hybridized carbons (Fsp3) is 0.348. The van der Waals surface area contributed by atoms with Gasteiger partial charge in [0.05, 0.1) is 11.0 Å². The molecule has 0 bridgehead atoms. The molecule has 1 aromatic heterocycles. The molecule has 0 spiro atoms. The van der Waals surface area contributed by atoms with Crippen molar-refractivity contribution in [2.75, 3.05) is 37.8 Å². The minimum absolute atomic E-state index is 0.0171. The van der Waals surface area contributed by atoms with Crippen LogP contribution >= 0.6 is 39.5 Å². The van der Waals surface area contributed by atoms with Crippen molar-refractivity contribution in [1.82, 2.24) is 15.1 Å². The molecular formula is C23H27Br2N4O7P. The van der Waals surface area contributed by atoms with Crippen molar-refractivity contribution >= 4 is 62.1 Å². The maximum Gasteiger partial charge on any atom is 0.341 e. The highest BCUT2D eigenvalue weighted by atomic mass is 79.9. The van der Waals surface area contributed by atoms with Crippen LogP contribution in [0.1, 0.15) is 29.1 Å². The van der Waals surface area contributed by atoms with E-state index >= 15 is 0 Å². The second kappa shape index (κ2) is 13.0. The van der Waals surface area contributed by atoms with Crippen molar-refractivity contribution in [3.63, 3.8) is 0 Å². The van der Waals surface area contributed by atoms with Crippen LogP contribution in [0, 0.1) is 10.1 Å². The molecule has 0 fully saturated rings. The van der Waals surface area contributed by atoms with Gasteiger partial charge in [-0.2, -0.15) is 0 Å². The van der Waals surface area contributed by atoms with Gasteiger partial charge in [-0.05, 0) is 37.3 Å². The third kappa shape index (κ3) is 7.62. The van der Waals surface area contributed by atoms with E-state index in [4.69, 9.17) is 13.7 Å². The van der Waals surface area contributed by atoms with Crippen LogP contribution < -0.4 is 14.9 Å². The number of ether oxygens (including phenoxy) is 1. The standard InChI is InChI=1S/C23H27Br2N4O7P/c1-15(36-37(33,26-9-7-24)27-10-8-25)20-12-17-13-22(19(29(31)32)14-21(17)35-20)34-18-6-4-5-16(11-18)23(30)28(2)3/h4-6,11-15H,7-10H2,1-3H3,(H2,26,27,33). The molecule has 0 aliphatic heterocycles. The second-order valence-electron chi connectivity index (χ2n) is 8.09. The number of nitrogens with one attached hydrogen (secondary N) is 2. The summed E-state index contributed by atoms with van der Waals surface area (Å²) in [5.74, 6) is 0.364. The van der Waals surface area contributed by atoms with Gasteiger partial charge in [-0.3, -0.25) is 24.0 Å². The van der Waals surface area contributed by atoms with Crippen LogP contribution in [-0.4, -0.2) is 53.6 Å². The molecule has 11 nitrogen and oxygen atoms in total. The fourth-order valence-electron chi connectivity index (χ4n) is 3.36. The van der Waals surface area contributed by atoms with E-state index in [1.54, 1.807) is 45.3 Å². The molecule has 0 aliphatic rings. The zero-order valence-electron chi connectivity index (χ0n) is 20.4. The van der Waals surface area contributed by atoms with E-state index in [1.165, 1.54) is 23.1 Å². The van der Waals surface area contributed by atoms with Gasteiger partial charge in [0, 0.05) is 48.8 Å². The normalized spacial score (nSPS) is 12.5. The Morgan fingerprint density at radius 1 is 1.16 bits per heavy atom. The topological polar surface area (TPSA) is 136 Å². The predicted octanol–water partition coefficient (Wildman–Crippen LogP) is 5.99. The molecular weight excluding hydrogens is 635 g/mol. The van der Waals surface area contributed by atoms with Crippen LogP contribution in [0.25, 0.3) is 11.0 Å². The van der Waals surface area contributed by atoms with Gasteiger partial charge in [-0.25, -0.2) is 10.2 Å². The van der Waals surface area contributed by atoms with E-state index < -0.39 is 18.7 Å². The lowest BCUT2D eigenvalue weighted by Gasteiger charge is -2.22. The summed E-state index contributed by atoms with van der Waals surface area (Å²) in [6.07, 6.45) is -0.735. The SMILES string of the molecule is CC(OP(=O)(NCCBr)NCCBr)c1cc2cc(Oc3cccc(C(=O)N(C)C)c3)c([N+](=O)[O-])cc2o1. The van der Waals surface area contributed by atoms with Gasteiger partial charge in [-0.15, -0.1) is 0 Å². The molecule has 0 aliphatic carbocycles. The van der Waals surface area contributed by atoms with Crippen molar-refractivity contribution in [3.05, 3.63) is 63.9 Å². The molecule has 37 heavy (non-hydrogen) atoms. The number of benzene rings is 2. The van der Waals surface area contributed by atoms with Crippen molar-refractivity contribution in [1.29, 1.82) is 0 Å². The number of amides is 1. The third-order valence-corrected chi connectivity index (χ3v) is 7.75. The number of nitro groups is 1. The molecule has 0 radical (unpaired) electrons. The van der Waals surface area contributed by atoms with E-state index in [0.29, 0.717) is 40.5 Å². The van der Waals surface area contributed by atoms with Crippen molar-refractivity contribution in [2.45, 2.75) is 13.0 Å². The maximum absolute atomic E-state index is 13.2. The zero-order chi connectivity index (χ0) is 27.2. The van der Waals surface area contributed by atoms with Gasteiger partial charge in [0.15, 0.2) is 0 Å². The smallest absolute Gasteiger partial charge is 0.341 e. The molecule has 14 heteroatoms. The minimum atomic E-state index is -3.40. The Kier molecular flexibility index (Phi) is 10.3. The Labute approximate surface area is 230 Å². The summed E-state index contributed by atoms with van der Waals surface area (Å²) in [5, 5.41) is 19.2. The van der Waals surface area contributed by atoms with Crippen molar-refractivity contribution in [2.24, 2.45) is 0 Å². The average molecular weight is 662 g/mol. The van der Waals surface area contributed by atoms with E-state index in [0.717, 1.165) is 0 Å². The monoisotopic (exact) mass is 660 g/mol. The lowest BCUT2D eigenvalue weighted by Crippen LogP contribution is -2.27. The molecule has 0 saturated heterocycles. The molecule has 1 heterocycles. The first-order valence-electron chi connectivity index (χ1n) is 11.2. The van der Waals surface area contributed by atoms with Crippen LogP contribution in [0.5, 0.6) is 11.5 Å². The van der Waals surface area contributed by atoms with Gasteiger partial charge >= 0.3 is 13.4 Å². The molecule has 2 N–H and O–H groups in total. The van der Waals surface area contributed by atoms with Crippen LogP contribution in [0.2, 0.25) is 0 Å². The van der Waals surface area contributed by atoms with Gasteiger partial charge in [0.25, 0.3) is 5.91 Å². The Morgan fingerprint density at radius 2 is 1.84 bits per heavy atom. The summed E-state index contributed by atoms with van der Waals surface area (Å²) in [6.45, 7) is 2.50. The molecule has 3 aromatic rings. The molecule has 200 valence electrons. The summed E-state index contributed by atoms with van der Waals surface area (Å²) >= 11 is 6.58. The first-order valence-corrected chi connectivity index (χ1v) is 15.1. The Bertz CT molecular complexity index is 1310. The van der Waals surface area contributed by atoms with Crippen LogP contribution in [-0.2, 0) is 9.09 Å². The summed E-state index contributed by atoms with van der Waals surface area (Å²) < 4.78 is 30.7. The molecule has 3 rings (SSSR count).